The lowest BCUT2D eigenvalue weighted by Crippen LogP contribution is -2.32. The highest BCUT2D eigenvalue weighted by Gasteiger charge is 2.31. The molecule has 0 aliphatic carbocycles. The number of hydrogen-bond donors (Lipinski definition) is 3. The molecule has 2 aromatic carbocycles. The van der Waals surface area contributed by atoms with Gasteiger partial charge in [0.1, 0.15) is 11.3 Å². The van der Waals surface area contributed by atoms with Crippen LogP contribution < -0.4 is 16.0 Å². The third kappa shape index (κ3) is 6.55. The highest BCUT2D eigenvalue weighted by Crippen LogP contribution is 2.32. The average molecular weight is 539 g/mol. The van der Waals surface area contributed by atoms with Crippen LogP contribution in [0.1, 0.15) is 45.7 Å². The van der Waals surface area contributed by atoms with Crippen LogP contribution in [-0.2, 0) is 12.7 Å². The van der Waals surface area contributed by atoms with E-state index in [0.717, 1.165) is 17.7 Å². The Bertz CT molecular complexity index is 1510. The smallest absolute Gasteiger partial charge is 0.331 e. The monoisotopic (exact) mass is 538 g/mol. The SMILES string of the molecule is Cc1ccc([C@H](C)NC(=O)Nc2cc(C(F)(F)F)ccc2CN(C)C)cc1NC(=O)c1cnc2ccccn12. The number of imidazole rings is 1. The Labute approximate surface area is 223 Å². The van der Waals surface area contributed by atoms with Crippen LogP contribution in [0.5, 0.6) is 0 Å². The number of amides is 3. The summed E-state index contributed by atoms with van der Waals surface area (Å²) in [6, 6.07) is 12.9. The van der Waals surface area contributed by atoms with Gasteiger partial charge in [-0.25, -0.2) is 9.78 Å². The summed E-state index contributed by atoms with van der Waals surface area (Å²) in [5.41, 5.74) is 2.86. The Morgan fingerprint density at radius 2 is 1.79 bits per heavy atom. The molecule has 1 atom stereocenters. The van der Waals surface area contributed by atoms with Gasteiger partial charge in [0.05, 0.1) is 17.8 Å². The summed E-state index contributed by atoms with van der Waals surface area (Å²) in [5.74, 6) is -0.342. The first-order valence-corrected chi connectivity index (χ1v) is 12.2. The summed E-state index contributed by atoms with van der Waals surface area (Å²) in [5, 5.41) is 8.23. The summed E-state index contributed by atoms with van der Waals surface area (Å²) < 4.78 is 41.5. The molecular weight excluding hydrogens is 509 g/mol. The van der Waals surface area contributed by atoms with Crippen molar-refractivity contribution in [1.29, 1.82) is 0 Å². The zero-order valence-corrected chi connectivity index (χ0v) is 21.9. The molecule has 0 spiro atoms. The Balaban J connectivity index is 1.49. The third-order valence-electron chi connectivity index (χ3n) is 6.18. The van der Waals surface area contributed by atoms with Crippen molar-refractivity contribution in [2.24, 2.45) is 0 Å². The molecule has 0 saturated heterocycles. The first-order chi connectivity index (χ1) is 18.4. The molecule has 0 aliphatic heterocycles. The van der Waals surface area contributed by atoms with Crippen LogP contribution in [-0.4, -0.2) is 40.3 Å². The number of hydrogen-bond acceptors (Lipinski definition) is 4. The second-order valence-electron chi connectivity index (χ2n) is 9.53. The lowest BCUT2D eigenvalue weighted by molar-refractivity contribution is -0.137. The first kappa shape index (κ1) is 27.6. The van der Waals surface area contributed by atoms with E-state index in [4.69, 9.17) is 0 Å². The van der Waals surface area contributed by atoms with Gasteiger partial charge in [0.2, 0.25) is 0 Å². The molecule has 0 saturated carbocycles. The van der Waals surface area contributed by atoms with Gasteiger partial charge in [-0.1, -0.05) is 24.3 Å². The van der Waals surface area contributed by atoms with Gasteiger partial charge < -0.3 is 20.9 Å². The van der Waals surface area contributed by atoms with Crippen molar-refractivity contribution >= 4 is 29.0 Å². The van der Waals surface area contributed by atoms with E-state index >= 15 is 0 Å². The van der Waals surface area contributed by atoms with Gasteiger partial charge >= 0.3 is 12.2 Å². The van der Waals surface area contributed by atoms with Crippen LogP contribution in [0.15, 0.2) is 67.0 Å². The van der Waals surface area contributed by atoms with Crippen molar-refractivity contribution in [3.8, 4) is 0 Å². The number of benzene rings is 2. The summed E-state index contributed by atoms with van der Waals surface area (Å²) in [4.78, 5) is 31.8. The van der Waals surface area contributed by atoms with E-state index in [2.05, 4.69) is 20.9 Å². The molecule has 3 N–H and O–H groups in total. The topological polar surface area (TPSA) is 90.8 Å². The Morgan fingerprint density at radius 1 is 1.03 bits per heavy atom. The van der Waals surface area contributed by atoms with E-state index in [1.807, 2.05) is 25.1 Å². The van der Waals surface area contributed by atoms with Crippen molar-refractivity contribution in [2.45, 2.75) is 32.6 Å². The van der Waals surface area contributed by atoms with E-state index in [1.165, 1.54) is 12.3 Å². The maximum Gasteiger partial charge on any atom is 0.416 e. The van der Waals surface area contributed by atoms with Crippen molar-refractivity contribution in [1.82, 2.24) is 19.6 Å². The maximum absolute atomic E-state index is 13.3. The molecule has 4 rings (SSSR count). The summed E-state index contributed by atoms with van der Waals surface area (Å²) in [6.07, 6.45) is -1.29. The highest BCUT2D eigenvalue weighted by atomic mass is 19.4. The van der Waals surface area contributed by atoms with Gasteiger partial charge in [-0.3, -0.25) is 9.20 Å². The lowest BCUT2D eigenvalue weighted by atomic mass is 10.0. The fraction of sp³-hybridized carbons (Fsp3) is 0.250. The zero-order valence-electron chi connectivity index (χ0n) is 21.9. The van der Waals surface area contributed by atoms with Gasteiger partial charge in [0.15, 0.2) is 0 Å². The molecule has 0 aliphatic rings. The molecule has 0 radical (unpaired) electrons. The lowest BCUT2D eigenvalue weighted by Gasteiger charge is -2.20. The summed E-state index contributed by atoms with van der Waals surface area (Å²) >= 11 is 0. The number of aryl methyl sites for hydroxylation is 1. The molecule has 0 bridgehead atoms. The number of carbonyl (C=O) groups excluding carboxylic acids is 2. The predicted octanol–water partition coefficient (Wildman–Crippen LogP) is 5.86. The Hall–Kier alpha value is -4.38. The molecule has 39 heavy (non-hydrogen) atoms. The van der Waals surface area contributed by atoms with Crippen LogP contribution >= 0.6 is 0 Å². The van der Waals surface area contributed by atoms with Gasteiger partial charge in [-0.2, -0.15) is 13.2 Å². The number of alkyl halides is 3. The molecule has 204 valence electrons. The maximum atomic E-state index is 13.3. The van der Waals surface area contributed by atoms with Gasteiger partial charge in [-0.05, 0) is 75.0 Å². The van der Waals surface area contributed by atoms with Crippen molar-refractivity contribution in [3.63, 3.8) is 0 Å². The molecule has 11 heteroatoms. The highest BCUT2D eigenvalue weighted by molar-refractivity contribution is 6.04. The van der Waals surface area contributed by atoms with E-state index in [9.17, 15) is 22.8 Å². The standard InChI is InChI=1S/C28H29F3N6O2/c1-17-8-9-19(13-22(17)34-26(38)24-15-32-25-7-5-6-12-37(24)25)18(2)33-27(39)35-23-14-21(28(29,30)31)11-10-20(23)16-36(3)4/h5-15,18H,16H2,1-4H3,(H,34,38)(H2,33,35,39)/t18-/m0/s1. The molecule has 4 aromatic rings. The van der Waals surface area contributed by atoms with Crippen molar-refractivity contribution in [3.05, 3.63) is 94.9 Å². The van der Waals surface area contributed by atoms with Crippen molar-refractivity contribution < 1.29 is 22.8 Å². The molecule has 2 heterocycles. The van der Waals surface area contributed by atoms with Gasteiger partial charge in [-0.15, -0.1) is 0 Å². The van der Waals surface area contributed by atoms with Gasteiger partial charge in [0, 0.05) is 24.1 Å². The number of nitrogens with zero attached hydrogens (tertiary/aromatic N) is 3. The third-order valence-corrected chi connectivity index (χ3v) is 6.18. The minimum Gasteiger partial charge on any atom is -0.331 e. The molecule has 0 unspecified atom stereocenters. The molecule has 8 nitrogen and oxygen atoms in total. The fourth-order valence-electron chi connectivity index (χ4n) is 4.12. The second kappa shape index (κ2) is 11.2. The van der Waals surface area contributed by atoms with Gasteiger partial charge in [0.25, 0.3) is 5.91 Å². The van der Waals surface area contributed by atoms with E-state index < -0.39 is 23.8 Å². The molecule has 2 aromatic heterocycles. The molecule has 3 amide bonds. The molecule has 0 fully saturated rings. The Kier molecular flexibility index (Phi) is 7.91. The largest absolute Gasteiger partial charge is 0.416 e. The fourth-order valence-corrected chi connectivity index (χ4v) is 4.12. The van der Waals surface area contributed by atoms with Crippen LogP contribution in [0.25, 0.3) is 5.65 Å². The number of rotatable bonds is 7. The van der Waals surface area contributed by atoms with E-state index in [0.29, 0.717) is 34.7 Å². The van der Waals surface area contributed by atoms with E-state index in [-0.39, 0.29) is 11.6 Å². The van der Waals surface area contributed by atoms with Crippen LogP contribution in [0, 0.1) is 6.92 Å². The average Bonchev–Trinajstić information content (AvgIpc) is 3.30. The molecular formula is C28H29F3N6O2. The number of urea groups is 1. The number of pyridine rings is 1. The second-order valence-corrected chi connectivity index (χ2v) is 9.53. The zero-order chi connectivity index (χ0) is 28.3. The van der Waals surface area contributed by atoms with E-state index in [1.54, 1.807) is 54.7 Å². The number of anilines is 2. The minimum absolute atomic E-state index is 0.0770. The number of carbonyl (C=O) groups is 2. The first-order valence-electron chi connectivity index (χ1n) is 12.2. The van der Waals surface area contributed by atoms with Crippen LogP contribution in [0.4, 0.5) is 29.3 Å². The number of aromatic nitrogens is 2. The summed E-state index contributed by atoms with van der Waals surface area (Å²) in [6.45, 7) is 3.93. The minimum atomic E-state index is -4.54. The number of nitrogens with one attached hydrogen (secondary N) is 3. The number of fused-ring (bicyclic) bond motifs is 1. The van der Waals surface area contributed by atoms with Crippen molar-refractivity contribution in [2.75, 3.05) is 24.7 Å². The van der Waals surface area contributed by atoms with Crippen LogP contribution in [0.2, 0.25) is 0 Å². The Morgan fingerprint density at radius 3 is 2.51 bits per heavy atom. The quantitative estimate of drug-likeness (QED) is 0.275. The van der Waals surface area contributed by atoms with Crippen LogP contribution in [0.3, 0.4) is 0 Å². The number of halogens is 3. The summed E-state index contributed by atoms with van der Waals surface area (Å²) in [7, 11) is 3.57. The predicted molar refractivity (Wildman–Crippen MR) is 144 cm³/mol. The normalized spacial score (nSPS) is 12.4.